The van der Waals surface area contributed by atoms with Crippen molar-refractivity contribution < 1.29 is 14.3 Å². The van der Waals surface area contributed by atoms with Crippen LogP contribution >= 0.6 is 0 Å². The first-order valence-electron chi connectivity index (χ1n) is 6.89. The first-order chi connectivity index (χ1) is 9.04. The average molecular weight is 264 g/mol. The largest absolute Gasteiger partial charge is 0.494 e. The number of rotatable bonds is 8. The Morgan fingerprint density at radius 2 is 2.05 bits per heavy atom. The number of ketones is 1. The van der Waals surface area contributed by atoms with Gasteiger partial charge in [0.15, 0.2) is 5.78 Å². The average Bonchev–Trinajstić information content (AvgIpc) is 2.36. The van der Waals surface area contributed by atoms with Gasteiger partial charge in [0.05, 0.1) is 13.2 Å². The minimum absolute atomic E-state index is 0.0616. The van der Waals surface area contributed by atoms with Crippen LogP contribution in [0.15, 0.2) is 18.2 Å². The number of Topliss-reactive ketones (excluding diaryl/α,β-unsaturated/α-hetero) is 1. The van der Waals surface area contributed by atoms with Crippen LogP contribution in [0.25, 0.3) is 0 Å². The van der Waals surface area contributed by atoms with E-state index in [0.29, 0.717) is 24.7 Å². The number of carbonyl (C=O) groups is 1. The lowest BCUT2D eigenvalue weighted by Crippen LogP contribution is -2.04. The summed E-state index contributed by atoms with van der Waals surface area (Å²) < 4.78 is 11.2. The maximum absolute atomic E-state index is 11.4. The summed E-state index contributed by atoms with van der Waals surface area (Å²) in [6.45, 7) is 9.69. The molecule has 1 aromatic rings. The standard InChI is InChI=1S/C16H24O3/c1-5-19-16-7-6-14(13(4)17)10-15(16)11-18-9-8-12(2)3/h6-7,10,12H,5,8-9,11H2,1-4H3. The van der Waals surface area contributed by atoms with Crippen LogP contribution in [0.3, 0.4) is 0 Å². The van der Waals surface area contributed by atoms with Gasteiger partial charge in [-0.2, -0.15) is 0 Å². The molecule has 0 radical (unpaired) electrons. The second kappa shape index (κ2) is 7.95. The van der Waals surface area contributed by atoms with Gasteiger partial charge in [-0.05, 0) is 44.4 Å². The van der Waals surface area contributed by atoms with Crippen LogP contribution in [-0.2, 0) is 11.3 Å². The SMILES string of the molecule is CCOc1ccc(C(C)=O)cc1COCCC(C)C. The molecular weight excluding hydrogens is 240 g/mol. The van der Waals surface area contributed by atoms with Gasteiger partial charge in [0.2, 0.25) is 0 Å². The molecule has 0 bridgehead atoms. The van der Waals surface area contributed by atoms with Crippen molar-refractivity contribution in [2.24, 2.45) is 5.92 Å². The lowest BCUT2D eigenvalue weighted by molar-refractivity contribution is 0.101. The van der Waals surface area contributed by atoms with Gasteiger partial charge in [0, 0.05) is 17.7 Å². The zero-order valence-electron chi connectivity index (χ0n) is 12.4. The van der Waals surface area contributed by atoms with Crippen molar-refractivity contribution in [1.29, 1.82) is 0 Å². The van der Waals surface area contributed by atoms with Crippen molar-refractivity contribution in [2.75, 3.05) is 13.2 Å². The number of ether oxygens (including phenoxy) is 2. The van der Waals surface area contributed by atoms with Crippen LogP contribution in [0.4, 0.5) is 0 Å². The Bertz CT molecular complexity index is 410. The van der Waals surface area contributed by atoms with Gasteiger partial charge in [-0.15, -0.1) is 0 Å². The zero-order valence-corrected chi connectivity index (χ0v) is 12.4. The van der Waals surface area contributed by atoms with Crippen molar-refractivity contribution >= 4 is 5.78 Å². The van der Waals surface area contributed by atoms with E-state index < -0.39 is 0 Å². The maximum Gasteiger partial charge on any atom is 0.159 e. The Kier molecular flexibility index (Phi) is 6.57. The third-order valence-corrected chi connectivity index (χ3v) is 2.86. The molecule has 3 nitrogen and oxygen atoms in total. The molecule has 0 spiro atoms. The molecular formula is C16H24O3. The molecule has 0 aliphatic carbocycles. The summed E-state index contributed by atoms with van der Waals surface area (Å²) in [5, 5.41) is 0. The monoisotopic (exact) mass is 264 g/mol. The second-order valence-corrected chi connectivity index (χ2v) is 5.05. The molecule has 106 valence electrons. The number of benzene rings is 1. The molecule has 0 fully saturated rings. The molecule has 0 aromatic heterocycles. The van der Waals surface area contributed by atoms with E-state index in [1.807, 2.05) is 19.1 Å². The smallest absolute Gasteiger partial charge is 0.159 e. The molecule has 0 saturated carbocycles. The molecule has 0 saturated heterocycles. The van der Waals surface area contributed by atoms with Crippen LogP contribution in [0.5, 0.6) is 5.75 Å². The van der Waals surface area contributed by atoms with Crippen LogP contribution in [0.2, 0.25) is 0 Å². The van der Waals surface area contributed by atoms with E-state index in [1.54, 1.807) is 13.0 Å². The highest BCUT2D eigenvalue weighted by atomic mass is 16.5. The van der Waals surface area contributed by atoms with Crippen molar-refractivity contribution in [3.8, 4) is 5.75 Å². The van der Waals surface area contributed by atoms with E-state index in [0.717, 1.165) is 24.3 Å². The summed E-state index contributed by atoms with van der Waals surface area (Å²) >= 11 is 0. The van der Waals surface area contributed by atoms with Crippen LogP contribution in [-0.4, -0.2) is 19.0 Å². The van der Waals surface area contributed by atoms with E-state index in [-0.39, 0.29) is 5.78 Å². The Morgan fingerprint density at radius 3 is 2.63 bits per heavy atom. The van der Waals surface area contributed by atoms with E-state index in [4.69, 9.17) is 9.47 Å². The Balaban J connectivity index is 2.71. The highest BCUT2D eigenvalue weighted by Crippen LogP contribution is 2.22. The number of carbonyl (C=O) groups excluding carboxylic acids is 1. The van der Waals surface area contributed by atoms with Crippen LogP contribution < -0.4 is 4.74 Å². The first-order valence-corrected chi connectivity index (χ1v) is 6.89. The number of hydrogen-bond acceptors (Lipinski definition) is 3. The predicted octanol–water partition coefficient (Wildman–Crippen LogP) is 3.85. The van der Waals surface area contributed by atoms with Crippen molar-refractivity contribution in [3.63, 3.8) is 0 Å². The fourth-order valence-electron chi connectivity index (χ4n) is 1.71. The van der Waals surface area contributed by atoms with Gasteiger partial charge in [0.1, 0.15) is 5.75 Å². The molecule has 0 N–H and O–H groups in total. The van der Waals surface area contributed by atoms with Gasteiger partial charge in [-0.1, -0.05) is 13.8 Å². The summed E-state index contributed by atoms with van der Waals surface area (Å²) in [6, 6.07) is 5.51. The lowest BCUT2D eigenvalue weighted by atomic mass is 10.1. The Morgan fingerprint density at radius 1 is 1.32 bits per heavy atom. The summed E-state index contributed by atoms with van der Waals surface area (Å²) in [4.78, 5) is 11.4. The molecule has 1 aromatic carbocycles. The van der Waals surface area contributed by atoms with Crippen LogP contribution in [0.1, 0.15) is 50.0 Å². The molecule has 0 heterocycles. The highest BCUT2D eigenvalue weighted by molar-refractivity contribution is 5.94. The van der Waals surface area contributed by atoms with Gasteiger partial charge >= 0.3 is 0 Å². The van der Waals surface area contributed by atoms with Crippen molar-refractivity contribution in [2.45, 2.75) is 40.7 Å². The van der Waals surface area contributed by atoms with E-state index >= 15 is 0 Å². The normalized spacial score (nSPS) is 10.8. The van der Waals surface area contributed by atoms with Crippen molar-refractivity contribution in [3.05, 3.63) is 29.3 Å². The molecule has 1 rings (SSSR count). The molecule has 0 unspecified atom stereocenters. The van der Waals surface area contributed by atoms with Crippen molar-refractivity contribution in [1.82, 2.24) is 0 Å². The lowest BCUT2D eigenvalue weighted by Gasteiger charge is -2.12. The molecule has 0 aliphatic heterocycles. The number of hydrogen-bond donors (Lipinski definition) is 0. The third kappa shape index (κ3) is 5.43. The quantitative estimate of drug-likeness (QED) is 0.528. The summed E-state index contributed by atoms with van der Waals surface area (Å²) in [6.07, 6.45) is 1.04. The third-order valence-electron chi connectivity index (χ3n) is 2.86. The molecule has 0 amide bonds. The maximum atomic E-state index is 11.4. The second-order valence-electron chi connectivity index (χ2n) is 5.05. The summed E-state index contributed by atoms with van der Waals surface area (Å²) in [7, 11) is 0. The fraction of sp³-hybridized carbons (Fsp3) is 0.562. The zero-order chi connectivity index (χ0) is 14.3. The highest BCUT2D eigenvalue weighted by Gasteiger charge is 2.08. The summed E-state index contributed by atoms with van der Waals surface area (Å²) in [5.74, 6) is 1.50. The topological polar surface area (TPSA) is 35.5 Å². The van der Waals surface area contributed by atoms with E-state index in [2.05, 4.69) is 13.8 Å². The van der Waals surface area contributed by atoms with Gasteiger partial charge < -0.3 is 9.47 Å². The Labute approximate surface area is 115 Å². The minimum Gasteiger partial charge on any atom is -0.494 e. The van der Waals surface area contributed by atoms with E-state index in [1.165, 1.54) is 0 Å². The molecule has 0 aliphatic rings. The van der Waals surface area contributed by atoms with Crippen LogP contribution in [0, 0.1) is 5.92 Å². The van der Waals surface area contributed by atoms with Gasteiger partial charge in [-0.25, -0.2) is 0 Å². The van der Waals surface area contributed by atoms with E-state index in [9.17, 15) is 4.79 Å². The molecule has 19 heavy (non-hydrogen) atoms. The molecule has 0 atom stereocenters. The minimum atomic E-state index is 0.0616. The Hall–Kier alpha value is -1.35. The predicted molar refractivity (Wildman–Crippen MR) is 76.7 cm³/mol. The molecule has 3 heteroatoms. The first kappa shape index (κ1) is 15.7. The van der Waals surface area contributed by atoms with Gasteiger partial charge in [-0.3, -0.25) is 4.79 Å². The fourth-order valence-corrected chi connectivity index (χ4v) is 1.71. The van der Waals surface area contributed by atoms with Gasteiger partial charge in [0.25, 0.3) is 0 Å². The summed E-state index contributed by atoms with van der Waals surface area (Å²) in [5.41, 5.74) is 1.64.